The Hall–Kier alpha value is -1.16. The number of ketones is 1. The first-order chi connectivity index (χ1) is 7.22. The molecule has 4 heteroatoms. The van der Waals surface area contributed by atoms with Crippen LogP contribution in [-0.4, -0.2) is 28.8 Å². The van der Waals surface area contributed by atoms with Crippen LogP contribution in [0.15, 0.2) is 6.07 Å². The molecule has 2 heterocycles. The lowest BCUT2D eigenvalue weighted by molar-refractivity contribution is 0.100. The summed E-state index contributed by atoms with van der Waals surface area (Å²) in [7, 11) is 0. The fourth-order valence-electron chi connectivity index (χ4n) is 1.93. The molecule has 1 fully saturated rings. The van der Waals surface area contributed by atoms with Crippen molar-refractivity contribution in [1.29, 1.82) is 0 Å². The Labute approximate surface area is 89.2 Å². The first-order valence-electron chi connectivity index (χ1n) is 5.38. The van der Waals surface area contributed by atoms with Crippen LogP contribution in [0.25, 0.3) is 0 Å². The molecule has 0 aromatic carbocycles. The normalized spacial score (nSPS) is 20.8. The number of nitrogens with zero attached hydrogens (tertiary/aromatic N) is 2. The van der Waals surface area contributed by atoms with Crippen molar-refractivity contribution in [3.63, 3.8) is 0 Å². The number of hydrogen-bond donors (Lipinski definition) is 0. The number of Topliss-reactive ketones (excluding diaryl/α,β-unsaturated/α-hetero) is 1. The summed E-state index contributed by atoms with van der Waals surface area (Å²) in [5, 5.41) is 4.45. The van der Waals surface area contributed by atoms with Crippen LogP contribution in [0.3, 0.4) is 0 Å². The average molecular weight is 208 g/mol. The number of aryl methyl sites for hydroxylation is 1. The second-order valence-corrected chi connectivity index (χ2v) is 3.89. The minimum atomic E-state index is 0.0783. The molecule has 0 saturated carbocycles. The molecule has 4 nitrogen and oxygen atoms in total. The van der Waals surface area contributed by atoms with Gasteiger partial charge in [0, 0.05) is 26.0 Å². The largest absolute Gasteiger partial charge is 0.381 e. The summed E-state index contributed by atoms with van der Waals surface area (Å²) in [6, 6.07) is 1.91. The van der Waals surface area contributed by atoms with Gasteiger partial charge in [0.1, 0.15) is 5.69 Å². The topological polar surface area (TPSA) is 44.1 Å². The van der Waals surface area contributed by atoms with E-state index >= 15 is 0 Å². The van der Waals surface area contributed by atoms with Crippen molar-refractivity contribution < 1.29 is 9.53 Å². The zero-order chi connectivity index (χ0) is 10.8. The van der Waals surface area contributed by atoms with Crippen LogP contribution in [0.5, 0.6) is 0 Å². The number of carbonyl (C=O) groups is 1. The summed E-state index contributed by atoms with van der Waals surface area (Å²) in [6.07, 6.45) is 1.01. The third-order valence-electron chi connectivity index (χ3n) is 2.81. The smallest absolute Gasteiger partial charge is 0.177 e. The molecule has 82 valence electrons. The van der Waals surface area contributed by atoms with E-state index in [2.05, 4.69) is 5.10 Å². The highest BCUT2D eigenvalue weighted by molar-refractivity contribution is 5.92. The fourth-order valence-corrected chi connectivity index (χ4v) is 1.93. The van der Waals surface area contributed by atoms with Gasteiger partial charge in [-0.1, -0.05) is 0 Å². The minimum Gasteiger partial charge on any atom is -0.381 e. The predicted octanol–water partition coefficient (Wildman–Crippen LogP) is 1.61. The van der Waals surface area contributed by atoms with E-state index in [9.17, 15) is 4.79 Å². The van der Waals surface area contributed by atoms with Gasteiger partial charge in [-0.25, -0.2) is 0 Å². The molecule has 1 aromatic rings. The SMILES string of the molecule is CCn1nc(C2CCOC2)cc1C(C)=O. The lowest BCUT2D eigenvalue weighted by Crippen LogP contribution is -2.06. The van der Waals surface area contributed by atoms with Crippen LogP contribution in [0.2, 0.25) is 0 Å². The maximum atomic E-state index is 11.4. The van der Waals surface area contributed by atoms with Gasteiger partial charge in [-0.3, -0.25) is 9.48 Å². The minimum absolute atomic E-state index is 0.0783. The Morgan fingerprint density at radius 1 is 1.73 bits per heavy atom. The van der Waals surface area contributed by atoms with Crippen LogP contribution in [-0.2, 0) is 11.3 Å². The second-order valence-electron chi connectivity index (χ2n) is 3.89. The van der Waals surface area contributed by atoms with Gasteiger partial charge in [-0.05, 0) is 19.4 Å². The van der Waals surface area contributed by atoms with Gasteiger partial charge in [-0.2, -0.15) is 5.10 Å². The zero-order valence-electron chi connectivity index (χ0n) is 9.19. The molecule has 0 aliphatic carbocycles. The summed E-state index contributed by atoms with van der Waals surface area (Å²) < 4.78 is 7.09. The quantitative estimate of drug-likeness (QED) is 0.709. The molecule has 1 aliphatic rings. The molecule has 1 unspecified atom stereocenters. The summed E-state index contributed by atoms with van der Waals surface area (Å²) in [5.74, 6) is 0.449. The second kappa shape index (κ2) is 4.14. The maximum absolute atomic E-state index is 11.4. The Morgan fingerprint density at radius 3 is 3.00 bits per heavy atom. The Kier molecular flexibility index (Phi) is 2.86. The third-order valence-corrected chi connectivity index (χ3v) is 2.81. The monoisotopic (exact) mass is 208 g/mol. The molecule has 0 bridgehead atoms. The van der Waals surface area contributed by atoms with Gasteiger partial charge in [-0.15, -0.1) is 0 Å². The molecular weight excluding hydrogens is 192 g/mol. The molecule has 1 aliphatic heterocycles. The molecule has 0 radical (unpaired) electrons. The van der Waals surface area contributed by atoms with Gasteiger partial charge in [0.15, 0.2) is 5.78 Å². The van der Waals surface area contributed by atoms with Crippen molar-refractivity contribution in [1.82, 2.24) is 9.78 Å². The van der Waals surface area contributed by atoms with E-state index in [4.69, 9.17) is 4.74 Å². The zero-order valence-corrected chi connectivity index (χ0v) is 9.19. The van der Waals surface area contributed by atoms with Crippen molar-refractivity contribution in [2.24, 2.45) is 0 Å². The standard InChI is InChI=1S/C11H16N2O2/c1-3-13-11(8(2)14)6-10(12-13)9-4-5-15-7-9/h6,9H,3-5,7H2,1-2H3. The Morgan fingerprint density at radius 2 is 2.53 bits per heavy atom. The van der Waals surface area contributed by atoms with Crippen molar-refractivity contribution in [2.75, 3.05) is 13.2 Å². The third kappa shape index (κ3) is 1.95. The van der Waals surface area contributed by atoms with Crippen molar-refractivity contribution >= 4 is 5.78 Å². The van der Waals surface area contributed by atoms with Crippen LogP contribution in [0, 0.1) is 0 Å². The van der Waals surface area contributed by atoms with Crippen LogP contribution < -0.4 is 0 Å². The van der Waals surface area contributed by atoms with E-state index in [1.165, 1.54) is 0 Å². The number of rotatable bonds is 3. The van der Waals surface area contributed by atoms with Crippen molar-refractivity contribution in [3.05, 3.63) is 17.5 Å². The van der Waals surface area contributed by atoms with E-state index in [1.54, 1.807) is 11.6 Å². The summed E-state index contributed by atoms with van der Waals surface area (Å²) >= 11 is 0. The highest BCUT2D eigenvalue weighted by Crippen LogP contribution is 2.24. The van der Waals surface area contributed by atoms with E-state index in [0.29, 0.717) is 11.6 Å². The van der Waals surface area contributed by atoms with Crippen LogP contribution >= 0.6 is 0 Å². The molecule has 0 spiro atoms. The highest BCUT2D eigenvalue weighted by Gasteiger charge is 2.22. The molecule has 0 amide bonds. The molecule has 1 saturated heterocycles. The van der Waals surface area contributed by atoms with Gasteiger partial charge in [0.25, 0.3) is 0 Å². The predicted molar refractivity (Wildman–Crippen MR) is 56.1 cm³/mol. The van der Waals surface area contributed by atoms with Gasteiger partial charge >= 0.3 is 0 Å². The summed E-state index contributed by atoms with van der Waals surface area (Å²) in [5.41, 5.74) is 1.71. The Balaban J connectivity index is 2.29. The van der Waals surface area contributed by atoms with Gasteiger partial charge in [0.05, 0.1) is 12.3 Å². The van der Waals surface area contributed by atoms with Crippen LogP contribution in [0.4, 0.5) is 0 Å². The number of carbonyl (C=O) groups excluding carboxylic acids is 1. The fraction of sp³-hybridized carbons (Fsp3) is 0.636. The lowest BCUT2D eigenvalue weighted by atomic mass is 10.0. The molecule has 15 heavy (non-hydrogen) atoms. The first-order valence-corrected chi connectivity index (χ1v) is 5.38. The summed E-state index contributed by atoms with van der Waals surface area (Å²) in [6.45, 7) is 5.85. The maximum Gasteiger partial charge on any atom is 0.177 e. The molecule has 0 N–H and O–H groups in total. The van der Waals surface area contributed by atoms with Crippen molar-refractivity contribution in [3.8, 4) is 0 Å². The van der Waals surface area contributed by atoms with E-state index in [0.717, 1.165) is 31.9 Å². The Bertz CT molecular complexity index is 365. The molecule has 1 atom stereocenters. The lowest BCUT2D eigenvalue weighted by Gasteiger charge is -2.01. The molecule has 1 aromatic heterocycles. The van der Waals surface area contributed by atoms with Gasteiger partial charge < -0.3 is 4.74 Å². The van der Waals surface area contributed by atoms with E-state index in [-0.39, 0.29) is 5.78 Å². The number of aromatic nitrogens is 2. The number of hydrogen-bond acceptors (Lipinski definition) is 3. The molecular formula is C11H16N2O2. The molecule has 2 rings (SSSR count). The van der Waals surface area contributed by atoms with Gasteiger partial charge in [0.2, 0.25) is 0 Å². The average Bonchev–Trinajstić information content (AvgIpc) is 2.86. The van der Waals surface area contributed by atoms with E-state index < -0.39 is 0 Å². The van der Waals surface area contributed by atoms with E-state index in [1.807, 2.05) is 13.0 Å². The summed E-state index contributed by atoms with van der Waals surface area (Å²) in [4.78, 5) is 11.4. The highest BCUT2D eigenvalue weighted by atomic mass is 16.5. The first kappa shape index (κ1) is 10.4. The van der Waals surface area contributed by atoms with Crippen molar-refractivity contribution in [2.45, 2.75) is 32.7 Å². The van der Waals surface area contributed by atoms with Crippen LogP contribution in [0.1, 0.15) is 42.4 Å². The number of ether oxygens (including phenoxy) is 1.